The number of benzene rings is 1. The van der Waals surface area contributed by atoms with Crippen LogP contribution in [-0.4, -0.2) is 6.10 Å². The number of fused-ring (bicyclic) bond motifs is 2. The second-order valence-corrected chi connectivity index (χ2v) is 6.97. The molecule has 3 rings (SSSR count). The molecule has 3 unspecified atom stereocenters. The Bertz CT molecular complexity index is 589. The average molecular weight is 273 g/mol. The smallest absolute Gasteiger partial charge is 0.137 e. The fraction of sp³-hybridized carbons (Fsp3) is 0.588. The Labute approximate surface area is 119 Å². The van der Waals surface area contributed by atoms with E-state index in [2.05, 4.69) is 20.8 Å². The van der Waals surface area contributed by atoms with E-state index in [-0.39, 0.29) is 22.5 Å². The van der Waals surface area contributed by atoms with Crippen molar-refractivity contribution in [3.8, 4) is 11.8 Å². The van der Waals surface area contributed by atoms with E-state index in [4.69, 9.17) is 10.00 Å². The van der Waals surface area contributed by atoms with Gasteiger partial charge in [-0.3, -0.25) is 0 Å². The van der Waals surface area contributed by atoms with Gasteiger partial charge in [-0.25, -0.2) is 4.39 Å². The Balaban J connectivity index is 1.89. The Kier molecular flexibility index (Phi) is 2.83. The Morgan fingerprint density at radius 2 is 2.10 bits per heavy atom. The monoisotopic (exact) mass is 273 g/mol. The number of nitrogens with zero attached hydrogens (tertiary/aromatic N) is 1. The Morgan fingerprint density at radius 1 is 1.35 bits per heavy atom. The summed E-state index contributed by atoms with van der Waals surface area (Å²) in [7, 11) is 0. The van der Waals surface area contributed by atoms with E-state index >= 15 is 0 Å². The minimum Gasteiger partial charge on any atom is -0.488 e. The maximum absolute atomic E-state index is 13.2. The topological polar surface area (TPSA) is 33.0 Å². The summed E-state index contributed by atoms with van der Waals surface area (Å²) in [6.45, 7) is 6.94. The van der Waals surface area contributed by atoms with Crippen LogP contribution in [0.1, 0.15) is 45.6 Å². The van der Waals surface area contributed by atoms with Gasteiger partial charge in [-0.05, 0) is 48.8 Å². The van der Waals surface area contributed by atoms with Crippen LogP contribution in [0.3, 0.4) is 0 Å². The molecule has 106 valence electrons. The third-order valence-corrected chi connectivity index (χ3v) is 6.05. The third-order valence-electron chi connectivity index (χ3n) is 6.05. The third kappa shape index (κ3) is 1.67. The van der Waals surface area contributed by atoms with Crippen LogP contribution >= 0.6 is 0 Å². The lowest BCUT2D eigenvalue weighted by Gasteiger charge is -2.39. The van der Waals surface area contributed by atoms with Crippen LogP contribution in [0.4, 0.5) is 4.39 Å². The highest BCUT2D eigenvalue weighted by atomic mass is 19.1. The van der Waals surface area contributed by atoms with Gasteiger partial charge in [-0.1, -0.05) is 20.8 Å². The minimum atomic E-state index is -0.395. The molecule has 1 aromatic rings. The van der Waals surface area contributed by atoms with Crippen LogP contribution in [0.2, 0.25) is 0 Å². The van der Waals surface area contributed by atoms with E-state index in [1.165, 1.54) is 25.0 Å². The highest BCUT2D eigenvalue weighted by molar-refractivity contribution is 5.43. The lowest BCUT2D eigenvalue weighted by atomic mass is 9.70. The summed E-state index contributed by atoms with van der Waals surface area (Å²) in [5.41, 5.74) is 0.692. The summed E-state index contributed by atoms with van der Waals surface area (Å²) < 4.78 is 19.3. The Morgan fingerprint density at radius 3 is 2.65 bits per heavy atom. The molecule has 3 heteroatoms. The number of nitriles is 1. The van der Waals surface area contributed by atoms with Gasteiger partial charge in [-0.15, -0.1) is 0 Å². The van der Waals surface area contributed by atoms with Crippen LogP contribution in [0.15, 0.2) is 18.2 Å². The SMILES string of the molecule is CC1(C)C2CCC1(C)C(Oc1ccc(F)cc1C#N)C2. The number of halogens is 1. The van der Waals surface area contributed by atoms with Crippen LogP contribution in [0.5, 0.6) is 5.75 Å². The van der Waals surface area contributed by atoms with Crippen LogP contribution in [0, 0.1) is 33.9 Å². The molecule has 2 nitrogen and oxygen atoms in total. The van der Waals surface area contributed by atoms with Gasteiger partial charge in [0.1, 0.15) is 23.7 Å². The molecule has 2 aliphatic carbocycles. The van der Waals surface area contributed by atoms with Crippen LogP contribution in [-0.2, 0) is 0 Å². The molecule has 0 amide bonds. The first kappa shape index (κ1) is 13.4. The minimum absolute atomic E-state index is 0.119. The van der Waals surface area contributed by atoms with Crippen LogP contribution < -0.4 is 4.74 Å². The van der Waals surface area contributed by atoms with Crippen molar-refractivity contribution in [2.45, 2.75) is 46.1 Å². The summed E-state index contributed by atoms with van der Waals surface area (Å²) in [4.78, 5) is 0. The van der Waals surface area contributed by atoms with Crippen molar-refractivity contribution < 1.29 is 9.13 Å². The summed E-state index contributed by atoms with van der Waals surface area (Å²) in [6.07, 6.45) is 3.58. The standard InChI is InChI=1S/C17H20FNO/c1-16(2)12-6-7-17(16,3)15(9-12)20-14-5-4-13(18)8-11(14)10-19/h4-5,8,12,15H,6-7,9H2,1-3H3. The van der Waals surface area contributed by atoms with E-state index in [1.54, 1.807) is 6.07 Å². The van der Waals surface area contributed by atoms with Gasteiger partial charge in [-0.2, -0.15) is 5.26 Å². The number of ether oxygens (including phenoxy) is 1. The molecule has 2 saturated carbocycles. The normalized spacial score (nSPS) is 34.0. The summed E-state index contributed by atoms with van der Waals surface area (Å²) in [6, 6.07) is 6.21. The molecule has 2 bridgehead atoms. The van der Waals surface area contributed by atoms with E-state index in [0.29, 0.717) is 11.7 Å². The number of rotatable bonds is 2. The highest BCUT2D eigenvalue weighted by Gasteiger charge is 2.62. The van der Waals surface area contributed by atoms with E-state index in [0.717, 1.165) is 6.42 Å². The lowest BCUT2D eigenvalue weighted by Crippen LogP contribution is -2.39. The highest BCUT2D eigenvalue weighted by Crippen LogP contribution is 2.66. The first-order valence-corrected chi connectivity index (χ1v) is 7.25. The number of hydrogen-bond donors (Lipinski definition) is 0. The molecule has 0 aromatic heterocycles. The van der Waals surface area contributed by atoms with Crippen molar-refractivity contribution in [1.29, 1.82) is 5.26 Å². The van der Waals surface area contributed by atoms with Gasteiger partial charge in [0.2, 0.25) is 0 Å². The van der Waals surface area contributed by atoms with Crippen molar-refractivity contribution in [3.63, 3.8) is 0 Å². The second-order valence-electron chi connectivity index (χ2n) is 6.97. The zero-order valence-electron chi connectivity index (χ0n) is 12.2. The second kappa shape index (κ2) is 4.22. The van der Waals surface area contributed by atoms with Gasteiger partial charge in [0.25, 0.3) is 0 Å². The van der Waals surface area contributed by atoms with Crippen LogP contribution in [0.25, 0.3) is 0 Å². The Hall–Kier alpha value is -1.56. The summed E-state index contributed by atoms with van der Waals surface area (Å²) in [5.74, 6) is 0.806. The fourth-order valence-electron chi connectivity index (χ4n) is 4.15. The molecule has 0 N–H and O–H groups in total. The number of hydrogen-bond acceptors (Lipinski definition) is 2. The van der Waals surface area contributed by atoms with Crippen molar-refractivity contribution in [2.24, 2.45) is 16.7 Å². The zero-order chi connectivity index (χ0) is 14.5. The predicted octanol–water partition coefficient (Wildman–Crippen LogP) is 4.29. The van der Waals surface area contributed by atoms with Gasteiger partial charge in [0.15, 0.2) is 0 Å². The molecule has 20 heavy (non-hydrogen) atoms. The quantitative estimate of drug-likeness (QED) is 0.805. The molecule has 1 aromatic carbocycles. The maximum Gasteiger partial charge on any atom is 0.137 e. The van der Waals surface area contributed by atoms with E-state index in [9.17, 15) is 4.39 Å². The van der Waals surface area contributed by atoms with Crippen molar-refractivity contribution >= 4 is 0 Å². The predicted molar refractivity (Wildman–Crippen MR) is 74.8 cm³/mol. The molecule has 3 atom stereocenters. The fourth-order valence-corrected chi connectivity index (χ4v) is 4.15. The molecular weight excluding hydrogens is 253 g/mol. The molecule has 0 aliphatic heterocycles. The first-order chi connectivity index (χ1) is 9.38. The average Bonchev–Trinajstić information content (AvgIpc) is 2.74. The first-order valence-electron chi connectivity index (χ1n) is 7.25. The molecule has 0 spiro atoms. The molecule has 2 fully saturated rings. The molecular formula is C17H20FNO. The largest absolute Gasteiger partial charge is 0.488 e. The molecule has 2 aliphatic rings. The summed E-state index contributed by atoms with van der Waals surface area (Å²) in [5, 5.41) is 9.12. The van der Waals surface area contributed by atoms with Crippen molar-refractivity contribution in [1.82, 2.24) is 0 Å². The van der Waals surface area contributed by atoms with Crippen molar-refractivity contribution in [2.75, 3.05) is 0 Å². The molecule has 0 saturated heterocycles. The van der Waals surface area contributed by atoms with Gasteiger partial charge >= 0.3 is 0 Å². The van der Waals surface area contributed by atoms with Gasteiger partial charge < -0.3 is 4.74 Å². The molecule has 0 heterocycles. The molecule has 0 radical (unpaired) electrons. The van der Waals surface area contributed by atoms with E-state index < -0.39 is 5.82 Å². The van der Waals surface area contributed by atoms with E-state index in [1.807, 2.05) is 6.07 Å². The summed E-state index contributed by atoms with van der Waals surface area (Å²) >= 11 is 0. The van der Waals surface area contributed by atoms with Gasteiger partial charge in [0, 0.05) is 5.41 Å². The van der Waals surface area contributed by atoms with Crippen molar-refractivity contribution in [3.05, 3.63) is 29.6 Å². The lowest BCUT2D eigenvalue weighted by molar-refractivity contribution is 0.0299. The zero-order valence-corrected chi connectivity index (χ0v) is 12.2. The maximum atomic E-state index is 13.2. The van der Waals surface area contributed by atoms with Gasteiger partial charge in [0.05, 0.1) is 5.56 Å².